The number of hydrogen-bond donors (Lipinski definition) is 2. The standard InChI is InChI=1S/C20H23N5OS/c1-3-24(2)12-17-23-18-19(25(17)8-9-26)14-7-6-13(16-5-4-10-27-16)11-15(14)22-20(18)21/h4-7,10-11,26H,3,8-9,12H2,1-2H3,(H2,21,22). The normalized spacial score (nSPS) is 11.9. The van der Waals surface area contributed by atoms with Crippen LogP contribution < -0.4 is 5.73 Å². The van der Waals surface area contributed by atoms with E-state index in [2.05, 4.69) is 58.1 Å². The SMILES string of the molecule is CCN(C)Cc1nc2c(N)nc3cc(-c4cccs4)ccc3c2n1CCO. The van der Waals surface area contributed by atoms with E-state index in [9.17, 15) is 5.11 Å². The Morgan fingerprint density at radius 2 is 2.11 bits per heavy atom. The lowest BCUT2D eigenvalue weighted by atomic mass is 10.1. The highest BCUT2D eigenvalue weighted by molar-refractivity contribution is 7.13. The Morgan fingerprint density at radius 3 is 2.81 bits per heavy atom. The molecule has 0 fully saturated rings. The van der Waals surface area contributed by atoms with Gasteiger partial charge in [-0.15, -0.1) is 11.3 Å². The van der Waals surface area contributed by atoms with Crippen molar-refractivity contribution in [2.24, 2.45) is 0 Å². The molecule has 0 atom stereocenters. The minimum absolute atomic E-state index is 0.0469. The Morgan fingerprint density at radius 1 is 1.26 bits per heavy atom. The van der Waals surface area contributed by atoms with Crippen molar-refractivity contribution >= 4 is 39.1 Å². The van der Waals surface area contributed by atoms with Gasteiger partial charge in [0.25, 0.3) is 0 Å². The van der Waals surface area contributed by atoms with E-state index in [0.29, 0.717) is 24.4 Å². The summed E-state index contributed by atoms with van der Waals surface area (Å²) in [5.74, 6) is 1.32. The average Bonchev–Trinajstić information content (AvgIpc) is 3.31. The predicted octanol–water partition coefficient (Wildman–Crippen LogP) is 3.34. The van der Waals surface area contributed by atoms with Crippen molar-refractivity contribution in [3.8, 4) is 10.4 Å². The van der Waals surface area contributed by atoms with Crippen molar-refractivity contribution in [2.45, 2.75) is 20.0 Å². The van der Waals surface area contributed by atoms with Crippen LogP contribution in [0.1, 0.15) is 12.7 Å². The van der Waals surface area contributed by atoms with Gasteiger partial charge in [-0.2, -0.15) is 0 Å². The van der Waals surface area contributed by atoms with Crippen molar-refractivity contribution in [3.63, 3.8) is 0 Å². The lowest BCUT2D eigenvalue weighted by Crippen LogP contribution is -2.20. The van der Waals surface area contributed by atoms with E-state index < -0.39 is 0 Å². The number of imidazole rings is 1. The summed E-state index contributed by atoms with van der Waals surface area (Å²) in [6, 6.07) is 10.4. The molecule has 0 aliphatic carbocycles. The highest BCUT2D eigenvalue weighted by Gasteiger charge is 2.18. The third-order valence-corrected chi connectivity index (χ3v) is 5.78. The van der Waals surface area contributed by atoms with Crippen LogP contribution in [0.4, 0.5) is 5.82 Å². The van der Waals surface area contributed by atoms with E-state index in [1.165, 1.54) is 4.88 Å². The minimum atomic E-state index is 0.0469. The van der Waals surface area contributed by atoms with E-state index in [-0.39, 0.29) is 6.61 Å². The van der Waals surface area contributed by atoms with Gasteiger partial charge in [0.2, 0.25) is 0 Å². The number of benzene rings is 1. The summed E-state index contributed by atoms with van der Waals surface area (Å²) >= 11 is 1.70. The molecule has 3 heterocycles. The van der Waals surface area contributed by atoms with Gasteiger partial charge in [-0.25, -0.2) is 9.97 Å². The van der Waals surface area contributed by atoms with Gasteiger partial charge >= 0.3 is 0 Å². The summed E-state index contributed by atoms with van der Waals surface area (Å²) in [6.07, 6.45) is 0. The van der Waals surface area contributed by atoms with Crippen LogP contribution in [0, 0.1) is 0 Å². The Bertz CT molecular complexity index is 1090. The molecule has 7 heteroatoms. The van der Waals surface area contributed by atoms with Crippen molar-refractivity contribution < 1.29 is 5.11 Å². The molecule has 0 aliphatic rings. The van der Waals surface area contributed by atoms with Crippen LogP contribution in [0.2, 0.25) is 0 Å². The summed E-state index contributed by atoms with van der Waals surface area (Å²) in [5.41, 5.74) is 9.90. The van der Waals surface area contributed by atoms with Gasteiger partial charge in [-0.05, 0) is 42.7 Å². The fourth-order valence-electron chi connectivity index (χ4n) is 3.37. The van der Waals surface area contributed by atoms with E-state index in [4.69, 9.17) is 10.7 Å². The first kappa shape index (κ1) is 17.9. The molecule has 0 amide bonds. The largest absolute Gasteiger partial charge is 0.395 e. The average molecular weight is 382 g/mol. The summed E-state index contributed by atoms with van der Waals surface area (Å²) in [5, 5.41) is 12.7. The molecule has 0 saturated carbocycles. The van der Waals surface area contributed by atoms with Crippen molar-refractivity contribution in [1.82, 2.24) is 19.4 Å². The van der Waals surface area contributed by atoms with Crippen molar-refractivity contribution in [3.05, 3.63) is 41.5 Å². The molecule has 0 radical (unpaired) electrons. The van der Waals surface area contributed by atoms with E-state index in [0.717, 1.165) is 34.4 Å². The van der Waals surface area contributed by atoms with Gasteiger partial charge < -0.3 is 15.4 Å². The van der Waals surface area contributed by atoms with Crippen LogP contribution in [-0.2, 0) is 13.1 Å². The number of nitrogens with zero attached hydrogens (tertiary/aromatic N) is 4. The second kappa shape index (κ2) is 7.26. The van der Waals surface area contributed by atoms with Gasteiger partial charge in [-0.1, -0.05) is 19.1 Å². The van der Waals surface area contributed by atoms with E-state index in [1.54, 1.807) is 11.3 Å². The molecule has 0 saturated heterocycles. The molecule has 27 heavy (non-hydrogen) atoms. The maximum absolute atomic E-state index is 9.62. The second-order valence-corrected chi connectivity index (χ2v) is 7.58. The monoisotopic (exact) mass is 381 g/mol. The van der Waals surface area contributed by atoms with Gasteiger partial charge in [0.15, 0.2) is 5.82 Å². The maximum atomic E-state index is 9.62. The van der Waals surface area contributed by atoms with Crippen molar-refractivity contribution in [1.29, 1.82) is 0 Å². The Kier molecular flexibility index (Phi) is 4.82. The Hall–Kier alpha value is -2.48. The number of aromatic nitrogens is 3. The number of fused-ring (bicyclic) bond motifs is 3. The third kappa shape index (κ3) is 3.18. The van der Waals surface area contributed by atoms with Crippen LogP contribution in [0.3, 0.4) is 0 Å². The number of anilines is 1. The number of thiophene rings is 1. The molecule has 6 nitrogen and oxygen atoms in total. The summed E-state index contributed by atoms with van der Waals surface area (Å²) in [6.45, 7) is 4.25. The minimum Gasteiger partial charge on any atom is -0.395 e. The fraction of sp³-hybridized carbons (Fsp3) is 0.300. The Balaban J connectivity index is 1.96. The molecular formula is C20H23N5OS. The molecule has 0 bridgehead atoms. The van der Waals surface area contributed by atoms with Crippen LogP contribution in [0.5, 0.6) is 0 Å². The molecule has 3 aromatic heterocycles. The quantitative estimate of drug-likeness (QED) is 0.535. The van der Waals surface area contributed by atoms with Crippen LogP contribution in [0.15, 0.2) is 35.7 Å². The molecule has 140 valence electrons. The van der Waals surface area contributed by atoms with Gasteiger partial charge in [0, 0.05) is 16.8 Å². The topological polar surface area (TPSA) is 80.2 Å². The zero-order valence-corrected chi connectivity index (χ0v) is 16.3. The molecule has 0 unspecified atom stereocenters. The molecule has 0 aliphatic heterocycles. The number of nitrogen functional groups attached to an aromatic ring is 1. The molecule has 1 aromatic carbocycles. The highest BCUT2D eigenvalue weighted by atomic mass is 32.1. The maximum Gasteiger partial charge on any atom is 0.152 e. The molecular weight excluding hydrogens is 358 g/mol. The Labute approximate surface area is 161 Å². The zero-order chi connectivity index (χ0) is 19.0. The van der Waals surface area contributed by atoms with E-state index >= 15 is 0 Å². The molecule has 3 N–H and O–H groups in total. The van der Waals surface area contributed by atoms with Gasteiger partial charge in [-0.3, -0.25) is 4.90 Å². The van der Waals surface area contributed by atoms with E-state index in [1.807, 2.05) is 6.07 Å². The first-order valence-electron chi connectivity index (χ1n) is 9.04. The number of rotatable bonds is 6. The number of pyridine rings is 1. The first-order chi connectivity index (χ1) is 13.1. The number of aliphatic hydroxyl groups is 1. The third-order valence-electron chi connectivity index (χ3n) is 4.86. The fourth-order valence-corrected chi connectivity index (χ4v) is 4.09. The summed E-state index contributed by atoms with van der Waals surface area (Å²) in [7, 11) is 2.05. The number of aliphatic hydroxyl groups excluding tert-OH is 1. The number of nitrogens with two attached hydrogens (primary N) is 1. The highest BCUT2D eigenvalue weighted by Crippen LogP contribution is 2.33. The smallest absolute Gasteiger partial charge is 0.152 e. The van der Waals surface area contributed by atoms with Crippen LogP contribution in [-0.4, -0.2) is 44.7 Å². The van der Waals surface area contributed by atoms with Gasteiger partial charge in [0.1, 0.15) is 11.3 Å². The number of hydrogen-bond acceptors (Lipinski definition) is 6. The van der Waals surface area contributed by atoms with Crippen molar-refractivity contribution in [2.75, 3.05) is 25.9 Å². The zero-order valence-electron chi connectivity index (χ0n) is 15.5. The lowest BCUT2D eigenvalue weighted by molar-refractivity contribution is 0.269. The van der Waals surface area contributed by atoms with Crippen LogP contribution >= 0.6 is 11.3 Å². The van der Waals surface area contributed by atoms with Crippen LogP contribution in [0.25, 0.3) is 32.4 Å². The molecule has 4 rings (SSSR count). The first-order valence-corrected chi connectivity index (χ1v) is 9.92. The summed E-state index contributed by atoms with van der Waals surface area (Å²) in [4.78, 5) is 12.8. The molecule has 0 spiro atoms. The second-order valence-electron chi connectivity index (χ2n) is 6.64. The lowest BCUT2D eigenvalue weighted by Gasteiger charge is -2.15. The molecule has 4 aromatic rings. The van der Waals surface area contributed by atoms with Gasteiger partial charge in [0.05, 0.1) is 24.2 Å². The predicted molar refractivity (Wildman–Crippen MR) is 112 cm³/mol. The summed E-state index contributed by atoms with van der Waals surface area (Å²) < 4.78 is 2.08.